The Kier molecular flexibility index (Phi) is 7.70. The predicted octanol–water partition coefficient (Wildman–Crippen LogP) is 2.26. The molecule has 8 heteroatoms. The SMILES string of the molecule is CCOC(=O)C(COC(C)=O)(Oc1ccc(Br)cc1)C(=O)OCC. The first-order valence-electron chi connectivity index (χ1n) is 7.28. The van der Waals surface area contributed by atoms with Crippen molar-refractivity contribution >= 4 is 33.8 Å². The van der Waals surface area contributed by atoms with E-state index in [2.05, 4.69) is 15.9 Å². The van der Waals surface area contributed by atoms with Crippen molar-refractivity contribution in [2.75, 3.05) is 19.8 Å². The van der Waals surface area contributed by atoms with Crippen LogP contribution in [0, 0.1) is 0 Å². The van der Waals surface area contributed by atoms with Crippen LogP contribution in [0.1, 0.15) is 20.8 Å². The van der Waals surface area contributed by atoms with Crippen LogP contribution in [0.25, 0.3) is 0 Å². The van der Waals surface area contributed by atoms with Crippen molar-refractivity contribution < 1.29 is 33.3 Å². The van der Waals surface area contributed by atoms with Gasteiger partial charge in [-0.3, -0.25) is 4.79 Å². The summed E-state index contributed by atoms with van der Waals surface area (Å²) in [6.07, 6.45) is 0. The van der Waals surface area contributed by atoms with Gasteiger partial charge >= 0.3 is 23.5 Å². The Morgan fingerprint density at radius 3 is 1.88 bits per heavy atom. The van der Waals surface area contributed by atoms with Crippen molar-refractivity contribution in [2.45, 2.75) is 26.4 Å². The largest absolute Gasteiger partial charge is 0.462 e. The molecule has 0 amide bonds. The highest BCUT2D eigenvalue weighted by Crippen LogP contribution is 2.24. The van der Waals surface area contributed by atoms with Crippen LogP contribution in [0.5, 0.6) is 5.75 Å². The summed E-state index contributed by atoms with van der Waals surface area (Å²) >= 11 is 3.27. The fourth-order valence-corrected chi connectivity index (χ4v) is 1.98. The van der Waals surface area contributed by atoms with Gasteiger partial charge in [-0.25, -0.2) is 9.59 Å². The number of esters is 3. The molecule has 0 saturated heterocycles. The lowest BCUT2D eigenvalue weighted by atomic mass is 10.1. The van der Waals surface area contributed by atoms with Gasteiger partial charge in [-0.05, 0) is 38.1 Å². The molecule has 0 fully saturated rings. The maximum absolute atomic E-state index is 12.4. The van der Waals surface area contributed by atoms with Crippen LogP contribution in [0.4, 0.5) is 0 Å². The first kappa shape index (κ1) is 20.0. The molecular weight excluding hydrogens is 384 g/mol. The molecule has 0 spiro atoms. The highest BCUT2D eigenvalue weighted by atomic mass is 79.9. The fraction of sp³-hybridized carbons (Fsp3) is 0.438. The van der Waals surface area contributed by atoms with E-state index in [9.17, 15) is 14.4 Å². The predicted molar refractivity (Wildman–Crippen MR) is 87.4 cm³/mol. The molecule has 7 nitrogen and oxygen atoms in total. The third-order valence-electron chi connectivity index (χ3n) is 2.79. The maximum atomic E-state index is 12.4. The number of hydrogen-bond donors (Lipinski definition) is 0. The Morgan fingerprint density at radius 2 is 1.46 bits per heavy atom. The molecular formula is C16H19BrO7. The van der Waals surface area contributed by atoms with Crippen molar-refractivity contribution in [1.29, 1.82) is 0 Å². The lowest BCUT2D eigenvalue weighted by molar-refractivity contribution is -0.186. The molecule has 0 heterocycles. The Hall–Kier alpha value is -2.09. The summed E-state index contributed by atoms with van der Waals surface area (Å²) in [5.41, 5.74) is -2.23. The van der Waals surface area contributed by atoms with Gasteiger partial charge in [0.1, 0.15) is 5.75 Å². The highest BCUT2D eigenvalue weighted by Gasteiger charge is 2.53. The summed E-state index contributed by atoms with van der Waals surface area (Å²) in [5.74, 6) is -2.45. The molecule has 0 aliphatic carbocycles. The topological polar surface area (TPSA) is 88.1 Å². The molecule has 132 valence electrons. The smallest absolute Gasteiger partial charge is 0.366 e. The third-order valence-corrected chi connectivity index (χ3v) is 3.32. The van der Waals surface area contributed by atoms with Gasteiger partial charge in [-0.1, -0.05) is 15.9 Å². The minimum Gasteiger partial charge on any atom is -0.462 e. The minimum atomic E-state index is -2.23. The van der Waals surface area contributed by atoms with Crippen LogP contribution in [0.2, 0.25) is 0 Å². The standard InChI is InChI=1S/C16H19BrO7/c1-4-21-14(19)16(10-23-11(3)18,15(20)22-5-2)24-13-8-6-12(17)7-9-13/h6-9H,4-5,10H2,1-3H3. The van der Waals surface area contributed by atoms with Crippen molar-refractivity contribution in [3.63, 3.8) is 0 Å². The van der Waals surface area contributed by atoms with Gasteiger partial charge in [0.05, 0.1) is 13.2 Å². The summed E-state index contributed by atoms with van der Waals surface area (Å²) in [4.78, 5) is 36.0. The molecule has 0 bridgehead atoms. The van der Waals surface area contributed by atoms with E-state index in [1.165, 1.54) is 0 Å². The quantitative estimate of drug-likeness (QED) is 0.374. The zero-order valence-electron chi connectivity index (χ0n) is 13.7. The molecule has 0 aliphatic heterocycles. The van der Waals surface area contributed by atoms with Crippen molar-refractivity contribution in [3.8, 4) is 5.75 Å². The number of halogens is 1. The van der Waals surface area contributed by atoms with E-state index in [0.29, 0.717) is 0 Å². The first-order chi connectivity index (χ1) is 11.4. The van der Waals surface area contributed by atoms with E-state index >= 15 is 0 Å². The van der Waals surface area contributed by atoms with Crippen LogP contribution < -0.4 is 4.74 Å². The molecule has 1 rings (SSSR count). The highest BCUT2D eigenvalue weighted by molar-refractivity contribution is 9.10. The van der Waals surface area contributed by atoms with E-state index in [1.54, 1.807) is 38.1 Å². The lowest BCUT2D eigenvalue weighted by Crippen LogP contribution is -2.57. The third kappa shape index (κ3) is 5.23. The molecule has 0 aromatic heterocycles. The Morgan fingerprint density at radius 1 is 0.958 bits per heavy atom. The Bertz CT molecular complexity index is 565. The summed E-state index contributed by atoms with van der Waals surface area (Å²) in [7, 11) is 0. The molecule has 0 radical (unpaired) electrons. The molecule has 24 heavy (non-hydrogen) atoms. The molecule has 1 aromatic rings. The van der Waals surface area contributed by atoms with Crippen LogP contribution in [0.15, 0.2) is 28.7 Å². The average molecular weight is 403 g/mol. The number of hydrogen-bond acceptors (Lipinski definition) is 7. The average Bonchev–Trinajstić information content (AvgIpc) is 2.53. The van der Waals surface area contributed by atoms with Gasteiger partial charge < -0.3 is 18.9 Å². The summed E-state index contributed by atoms with van der Waals surface area (Å²) in [6.45, 7) is 3.70. The summed E-state index contributed by atoms with van der Waals surface area (Å²) in [5, 5.41) is 0. The molecule has 0 saturated carbocycles. The number of carbonyl (C=O) groups is 3. The molecule has 0 aliphatic rings. The Balaban J connectivity index is 3.25. The zero-order chi connectivity index (χ0) is 18.2. The first-order valence-corrected chi connectivity index (χ1v) is 8.07. The van der Waals surface area contributed by atoms with Crippen LogP contribution in [0.3, 0.4) is 0 Å². The lowest BCUT2D eigenvalue weighted by Gasteiger charge is -2.29. The normalized spacial score (nSPS) is 10.7. The second-order valence-corrected chi connectivity index (χ2v) is 5.52. The van der Waals surface area contributed by atoms with Crippen molar-refractivity contribution in [2.24, 2.45) is 0 Å². The van der Waals surface area contributed by atoms with Gasteiger partial charge in [-0.2, -0.15) is 0 Å². The van der Waals surface area contributed by atoms with Gasteiger partial charge in [0.2, 0.25) is 0 Å². The van der Waals surface area contributed by atoms with E-state index in [4.69, 9.17) is 18.9 Å². The molecule has 0 N–H and O–H groups in total. The van der Waals surface area contributed by atoms with Crippen molar-refractivity contribution in [3.05, 3.63) is 28.7 Å². The monoisotopic (exact) mass is 402 g/mol. The Labute approximate surface area is 148 Å². The molecule has 0 atom stereocenters. The second-order valence-electron chi connectivity index (χ2n) is 4.60. The summed E-state index contributed by atoms with van der Waals surface area (Å²) < 4.78 is 21.1. The van der Waals surface area contributed by atoms with Crippen molar-refractivity contribution in [1.82, 2.24) is 0 Å². The van der Waals surface area contributed by atoms with E-state index < -0.39 is 30.1 Å². The number of benzene rings is 1. The summed E-state index contributed by atoms with van der Waals surface area (Å²) in [6, 6.07) is 6.43. The number of ether oxygens (including phenoxy) is 4. The second kappa shape index (κ2) is 9.27. The van der Waals surface area contributed by atoms with Gasteiger partial charge in [-0.15, -0.1) is 0 Å². The van der Waals surface area contributed by atoms with Crippen LogP contribution in [-0.2, 0) is 28.6 Å². The minimum absolute atomic E-state index is 0.0176. The van der Waals surface area contributed by atoms with Gasteiger partial charge in [0.25, 0.3) is 0 Å². The van der Waals surface area contributed by atoms with Crippen LogP contribution >= 0.6 is 15.9 Å². The zero-order valence-corrected chi connectivity index (χ0v) is 15.3. The fourth-order valence-electron chi connectivity index (χ4n) is 1.72. The molecule has 1 aromatic carbocycles. The van der Waals surface area contributed by atoms with Gasteiger partial charge in [0.15, 0.2) is 6.61 Å². The van der Waals surface area contributed by atoms with E-state index in [-0.39, 0.29) is 19.0 Å². The van der Waals surface area contributed by atoms with Crippen LogP contribution in [-0.4, -0.2) is 43.3 Å². The van der Waals surface area contributed by atoms with E-state index in [0.717, 1.165) is 11.4 Å². The van der Waals surface area contributed by atoms with Gasteiger partial charge in [0, 0.05) is 11.4 Å². The number of rotatable bonds is 8. The maximum Gasteiger partial charge on any atom is 0.366 e. The van der Waals surface area contributed by atoms with E-state index in [1.807, 2.05) is 0 Å². The number of carbonyl (C=O) groups excluding carboxylic acids is 3. The molecule has 0 unspecified atom stereocenters.